The Morgan fingerprint density at radius 1 is 1.13 bits per heavy atom. The number of nitrogens with one attached hydrogen (secondary N) is 1. The maximum Gasteiger partial charge on any atom is 0.135 e. The second-order valence-electron chi connectivity index (χ2n) is 3.03. The first-order valence-electron chi connectivity index (χ1n) is 4.41. The molecule has 0 aliphatic rings. The van der Waals surface area contributed by atoms with Crippen LogP contribution in [0.1, 0.15) is 5.69 Å². The Hall–Kier alpha value is -1.68. The maximum absolute atomic E-state index is 5.72. The van der Waals surface area contributed by atoms with Gasteiger partial charge >= 0.3 is 0 Å². The Morgan fingerprint density at radius 2 is 2.00 bits per heavy atom. The Labute approximate surface area is 92.4 Å². The van der Waals surface area contributed by atoms with Gasteiger partial charge in [-0.05, 0) is 19.1 Å². The minimum Gasteiger partial charge on any atom is -0.325 e. The van der Waals surface area contributed by atoms with Crippen LogP contribution in [0.25, 0.3) is 0 Å². The number of aromatic nitrogens is 3. The summed E-state index contributed by atoms with van der Waals surface area (Å²) in [5.41, 5.74) is 0.904. The molecule has 0 atom stereocenters. The van der Waals surface area contributed by atoms with E-state index >= 15 is 0 Å². The van der Waals surface area contributed by atoms with E-state index < -0.39 is 0 Å². The van der Waals surface area contributed by atoms with Crippen molar-refractivity contribution in [3.05, 3.63) is 41.4 Å². The second kappa shape index (κ2) is 4.23. The predicted molar refractivity (Wildman–Crippen MR) is 59.3 cm³/mol. The lowest BCUT2D eigenvalue weighted by atomic mass is 10.4. The molecule has 0 aliphatic carbocycles. The number of pyridine rings is 1. The molecule has 5 heteroatoms. The average molecular weight is 221 g/mol. The number of aryl methyl sites for hydroxylation is 1. The molecule has 0 saturated heterocycles. The van der Waals surface area contributed by atoms with Crippen molar-refractivity contribution in [2.45, 2.75) is 6.92 Å². The lowest BCUT2D eigenvalue weighted by molar-refractivity contribution is 1.10. The van der Waals surface area contributed by atoms with Crippen LogP contribution in [-0.2, 0) is 0 Å². The summed E-state index contributed by atoms with van der Waals surface area (Å²) in [6, 6.07) is 5.40. The van der Waals surface area contributed by atoms with Crippen molar-refractivity contribution in [3.63, 3.8) is 0 Å². The third kappa shape index (κ3) is 2.63. The van der Waals surface area contributed by atoms with Crippen LogP contribution in [0.2, 0.25) is 5.02 Å². The monoisotopic (exact) mass is 220 g/mol. The van der Waals surface area contributed by atoms with E-state index in [0.29, 0.717) is 10.8 Å². The van der Waals surface area contributed by atoms with Gasteiger partial charge in [-0.1, -0.05) is 11.6 Å². The number of nitrogens with zero attached hydrogens (tertiary/aromatic N) is 3. The first-order chi connectivity index (χ1) is 7.24. The maximum atomic E-state index is 5.72. The van der Waals surface area contributed by atoms with Crippen LogP contribution in [0.15, 0.2) is 30.7 Å². The molecule has 2 heterocycles. The van der Waals surface area contributed by atoms with Gasteiger partial charge in [-0.25, -0.2) is 15.0 Å². The summed E-state index contributed by atoms with van der Waals surface area (Å²) in [6.07, 6.45) is 3.09. The molecule has 4 nitrogen and oxygen atoms in total. The summed E-state index contributed by atoms with van der Waals surface area (Å²) in [7, 11) is 0. The molecule has 0 unspecified atom stereocenters. The van der Waals surface area contributed by atoms with Gasteiger partial charge in [-0.3, -0.25) is 0 Å². The quantitative estimate of drug-likeness (QED) is 0.845. The molecule has 0 amide bonds. The average Bonchev–Trinajstić information content (AvgIpc) is 2.22. The molecule has 2 rings (SSSR count). The lowest BCUT2D eigenvalue weighted by Gasteiger charge is -2.04. The summed E-state index contributed by atoms with van der Waals surface area (Å²) in [5, 5.41) is 3.66. The smallest absolute Gasteiger partial charge is 0.135 e. The summed E-state index contributed by atoms with van der Waals surface area (Å²) in [5.74, 6) is 1.43. The highest BCUT2D eigenvalue weighted by Gasteiger charge is 1.97. The van der Waals surface area contributed by atoms with Gasteiger partial charge in [0.05, 0.1) is 5.02 Å². The second-order valence-corrected chi connectivity index (χ2v) is 3.47. The van der Waals surface area contributed by atoms with E-state index in [2.05, 4.69) is 20.3 Å². The molecule has 2 aromatic heterocycles. The topological polar surface area (TPSA) is 50.7 Å². The first kappa shape index (κ1) is 9.86. The molecule has 2 aromatic rings. The van der Waals surface area contributed by atoms with Gasteiger partial charge in [-0.2, -0.15) is 0 Å². The van der Waals surface area contributed by atoms with E-state index in [0.717, 1.165) is 11.5 Å². The molecule has 15 heavy (non-hydrogen) atoms. The number of hydrogen-bond acceptors (Lipinski definition) is 4. The summed E-state index contributed by atoms with van der Waals surface area (Å²) >= 11 is 5.72. The first-order valence-corrected chi connectivity index (χ1v) is 4.79. The summed E-state index contributed by atoms with van der Waals surface area (Å²) < 4.78 is 0. The van der Waals surface area contributed by atoms with Gasteiger partial charge in [-0.15, -0.1) is 0 Å². The van der Waals surface area contributed by atoms with Crippen LogP contribution in [0, 0.1) is 6.92 Å². The van der Waals surface area contributed by atoms with Crippen LogP contribution in [0.5, 0.6) is 0 Å². The highest BCUT2D eigenvalue weighted by atomic mass is 35.5. The minimum atomic E-state index is 0.611. The van der Waals surface area contributed by atoms with Crippen molar-refractivity contribution < 1.29 is 0 Å². The van der Waals surface area contributed by atoms with Gasteiger partial charge in [0.2, 0.25) is 0 Å². The van der Waals surface area contributed by atoms with Gasteiger partial charge in [0, 0.05) is 18.0 Å². The number of rotatable bonds is 2. The van der Waals surface area contributed by atoms with Gasteiger partial charge in [0.25, 0.3) is 0 Å². The molecule has 0 saturated carbocycles. The van der Waals surface area contributed by atoms with Crippen molar-refractivity contribution in [2.75, 3.05) is 5.32 Å². The van der Waals surface area contributed by atoms with Gasteiger partial charge in [0.15, 0.2) is 0 Å². The van der Waals surface area contributed by atoms with Crippen LogP contribution in [0.3, 0.4) is 0 Å². The zero-order valence-corrected chi connectivity index (χ0v) is 8.86. The van der Waals surface area contributed by atoms with Crippen molar-refractivity contribution in [1.29, 1.82) is 0 Å². The SMILES string of the molecule is Cc1cc(Nc2ccc(Cl)cn2)ncn1. The largest absolute Gasteiger partial charge is 0.325 e. The van der Waals surface area contributed by atoms with Crippen molar-refractivity contribution in [1.82, 2.24) is 15.0 Å². The molecular formula is C10H9ClN4. The van der Waals surface area contributed by atoms with Crippen LogP contribution in [-0.4, -0.2) is 15.0 Å². The fourth-order valence-corrected chi connectivity index (χ4v) is 1.22. The van der Waals surface area contributed by atoms with E-state index in [9.17, 15) is 0 Å². The highest BCUT2D eigenvalue weighted by Crippen LogP contribution is 2.14. The summed E-state index contributed by atoms with van der Waals surface area (Å²) in [6.45, 7) is 1.90. The third-order valence-electron chi connectivity index (χ3n) is 1.79. The fourth-order valence-electron chi connectivity index (χ4n) is 1.10. The Bertz CT molecular complexity index is 455. The number of hydrogen-bond donors (Lipinski definition) is 1. The Kier molecular flexibility index (Phi) is 2.78. The van der Waals surface area contributed by atoms with E-state index in [1.54, 1.807) is 18.3 Å². The van der Waals surface area contributed by atoms with Crippen molar-refractivity contribution >= 4 is 23.2 Å². The zero-order valence-electron chi connectivity index (χ0n) is 8.11. The zero-order chi connectivity index (χ0) is 10.7. The molecular weight excluding hydrogens is 212 g/mol. The molecule has 0 bridgehead atoms. The highest BCUT2D eigenvalue weighted by molar-refractivity contribution is 6.30. The molecule has 0 spiro atoms. The molecule has 0 radical (unpaired) electrons. The Morgan fingerprint density at radius 3 is 2.67 bits per heavy atom. The van der Waals surface area contributed by atoms with E-state index in [-0.39, 0.29) is 0 Å². The van der Waals surface area contributed by atoms with E-state index in [1.165, 1.54) is 6.33 Å². The summed E-state index contributed by atoms with van der Waals surface area (Å²) in [4.78, 5) is 12.2. The molecule has 0 fully saturated rings. The van der Waals surface area contributed by atoms with Gasteiger partial charge in [0.1, 0.15) is 18.0 Å². The van der Waals surface area contributed by atoms with Crippen LogP contribution >= 0.6 is 11.6 Å². The fraction of sp³-hybridized carbons (Fsp3) is 0.100. The third-order valence-corrected chi connectivity index (χ3v) is 2.01. The normalized spacial score (nSPS) is 10.0. The minimum absolute atomic E-state index is 0.611. The predicted octanol–water partition coefficient (Wildman–Crippen LogP) is 2.58. The number of halogens is 1. The van der Waals surface area contributed by atoms with Gasteiger partial charge < -0.3 is 5.32 Å². The van der Waals surface area contributed by atoms with E-state index in [1.807, 2.05) is 13.0 Å². The lowest BCUT2D eigenvalue weighted by Crippen LogP contribution is -1.96. The van der Waals surface area contributed by atoms with Crippen LogP contribution in [0.4, 0.5) is 11.6 Å². The van der Waals surface area contributed by atoms with Crippen molar-refractivity contribution in [3.8, 4) is 0 Å². The molecule has 0 aromatic carbocycles. The number of anilines is 2. The molecule has 0 aliphatic heterocycles. The van der Waals surface area contributed by atoms with Crippen molar-refractivity contribution in [2.24, 2.45) is 0 Å². The standard InChI is InChI=1S/C10H9ClN4/c1-7-4-10(14-6-13-7)15-9-3-2-8(11)5-12-9/h2-6H,1H3,(H,12,13,14,15). The molecule has 76 valence electrons. The molecule has 1 N–H and O–H groups in total. The van der Waals surface area contributed by atoms with E-state index in [4.69, 9.17) is 11.6 Å². The Balaban J connectivity index is 2.18. The van der Waals surface area contributed by atoms with Crippen LogP contribution < -0.4 is 5.32 Å².